The van der Waals surface area contributed by atoms with E-state index in [9.17, 15) is 4.79 Å². The highest BCUT2D eigenvalue weighted by Gasteiger charge is 2.13. The molecule has 20 heavy (non-hydrogen) atoms. The van der Waals surface area contributed by atoms with E-state index < -0.39 is 0 Å². The first-order valence-electron chi connectivity index (χ1n) is 7.05. The maximum atomic E-state index is 11.6. The maximum absolute atomic E-state index is 11.6. The van der Waals surface area contributed by atoms with Gasteiger partial charge in [-0.1, -0.05) is 13.8 Å². The fourth-order valence-electron chi connectivity index (χ4n) is 1.92. The molecule has 2 rings (SSSR count). The third kappa shape index (κ3) is 4.33. The normalized spacial score (nSPS) is 12.6. The first-order chi connectivity index (χ1) is 9.65. The lowest BCUT2D eigenvalue weighted by atomic mass is 10.1. The van der Waals surface area contributed by atoms with Crippen LogP contribution in [0.2, 0.25) is 0 Å². The van der Waals surface area contributed by atoms with Gasteiger partial charge in [-0.3, -0.25) is 4.79 Å². The summed E-state index contributed by atoms with van der Waals surface area (Å²) in [7, 11) is 0. The molecular formula is C15H22N2O3. The molecule has 0 fully saturated rings. The lowest BCUT2D eigenvalue weighted by Crippen LogP contribution is -2.27. The number of hydrogen-bond donors (Lipinski definition) is 2. The molecule has 5 heteroatoms. The van der Waals surface area contributed by atoms with Crippen LogP contribution < -0.4 is 20.1 Å². The van der Waals surface area contributed by atoms with Gasteiger partial charge in [0.2, 0.25) is 12.7 Å². The van der Waals surface area contributed by atoms with Gasteiger partial charge in [-0.15, -0.1) is 0 Å². The standard InChI is InChI=1S/C15H22N2O3/c1-11(2)5-7-17-15(18)6-8-16-12-3-4-13-14(9-12)20-10-19-13/h3-4,9,11,16H,5-8,10H2,1-2H3,(H,17,18). The van der Waals surface area contributed by atoms with Crippen molar-refractivity contribution < 1.29 is 14.3 Å². The lowest BCUT2D eigenvalue weighted by Gasteiger charge is -2.09. The van der Waals surface area contributed by atoms with Gasteiger partial charge in [0.25, 0.3) is 0 Å². The molecule has 0 unspecified atom stereocenters. The van der Waals surface area contributed by atoms with Crippen molar-refractivity contribution in [3.63, 3.8) is 0 Å². The van der Waals surface area contributed by atoms with Crippen molar-refractivity contribution in [3.05, 3.63) is 18.2 Å². The Morgan fingerprint density at radius 1 is 1.25 bits per heavy atom. The zero-order valence-electron chi connectivity index (χ0n) is 12.1. The monoisotopic (exact) mass is 278 g/mol. The Labute approximate surface area is 119 Å². The summed E-state index contributed by atoms with van der Waals surface area (Å²) in [6.07, 6.45) is 1.48. The number of carbonyl (C=O) groups is 1. The van der Waals surface area contributed by atoms with Crippen molar-refractivity contribution in [1.29, 1.82) is 0 Å². The minimum Gasteiger partial charge on any atom is -0.454 e. The number of rotatable bonds is 7. The van der Waals surface area contributed by atoms with Crippen molar-refractivity contribution in [3.8, 4) is 11.5 Å². The zero-order chi connectivity index (χ0) is 14.4. The van der Waals surface area contributed by atoms with Crippen molar-refractivity contribution in [1.82, 2.24) is 5.32 Å². The Balaban J connectivity index is 1.66. The van der Waals surface area contributed by atoms with Crippen molar-refractivity contribution in [2.45, 2.75) is 26.7 Å². The van der Waals surface area contributed by atoms with Crippen LogP contribution >= 0.6 is 0 Å². The first-order valence-corrected chi connectivity index (χ1v) is 7.05. The molecule has 0 aliphatic carbocycles. The van der Waals surface area contributed by atoms with Gasteiger partial charge in [0.15, 0.2) is 11.5 Å². The summed E-state index contributed by atoms with van der Waals surface area (Å²) in [5.74, 6) is 2.21. The van der Waals surface area contributed by atoms with Gasteiger partial charge in [-0.2, -0.15) is 0 Å². The molecule has 110 valence electrons. The van der Waals surface area contributed by atoms with Crippen LogP contribution in [-0.2, 0) is 4.79 Å². The van der Waals surface area contributed by atoms with E-state index in [1.165, 1.54) is 0 Å². The Morgan fingerprint density at radius 2 is 2.05 bits per heavy atom. The summed E-state index contributed by atoms with van der Waals surface area (Å²) in [4.78, 5) is 11.6. The van der Waals surface area contributed by atoms with Gasteiger partial charge >= 0.3 is 0 Å². The van der Waals surface area contributed by atoms with E-state index in [0.29, 0.717) is 18.9 Å². The summed E-state index contributed by atoms with van der Waals surface area (Å²) in [5.41, 5.74) is 0.934. The number of fused-ring (bicyclic) bond motifs is 1. The van der Waals surface area contributed by atoms with Crippen molar-refractivity contribution in [2.75, 3.05) is 25.2 Å². The van der Waals surface area contributed by atoms with Crippen LogP contribution in [0.4, 0.5) is 5.69 Å². The Morgan fingerprint density at radius 3 is 2.85 bits per heavy atom. The van der Waals surface area contributed by atoms with E-state index >= 15 is 0 Å². The summed E-state index contributed by atoms with van der Waals surface area (Å²) in [6.45, 7) is 5.92. The fraction of sp³-hybridized carbons (Fsp3) is 0.533. The molecule has 2 N–H and O–H groups in total. The van der Waals surface area contributed by atoms with Crippen LogP contribution in [0.15, 0.2) is 18.2 Å². The van der Waals surface area contributed by atoms with Crippen molar-refractivity contribution in [2.24, 2.45) is 5.92 Å². The topological polar surface area (TPSA) is 59.6 Å². The molecule has 0 aromatic heterocycles. The third-order valence-electron chi connectivity index (χ3n) is 3.10. The molecule has 1 aliphatic heterocycles. The van der Waals surface area contributed by atoms with Crippen LogP contribution in [0.1, 0.15) is 26.7 Å². The predicted octanol–water partition coefficient (Wildman–Crippen LogP) is 2.38. The minimum absolute atomic E-state index is 0.0823. The van der Waals surface area contributed by atoms with E-state index in [0.717, 1.165) is 30.2 Å². The van der Waals surface area contributed by atoms with Crippen LogP contribution in [0.3, 0.4) is 0 Å². The molecule has 0 saturated carbocycles. The molecule has 0 atom stereocenters. The third-order valence-corrected chi connectivity index (χ3v) is 3.10. The number of benzene rings is 1. The number of amides is 1. The van der Waals surface area contributed by atoms with E-state index in [4.69, 9.17) is 9.47 Å². The molecular weight excluding hydrogens is 256 g/mol. The number of nitrogens with one attached hydrogen (secondary N) is 2. The smallest absolute Gasteiger partial charge is 0.231 e. The van der Waals surface area contributed by atoms with E-state index in [1.807, 2.05) is 18.2 Å². The first kappa shape index (κ1) is 14.5. The molecule has 5 nitrogen and oxygen atoms in total. The largest absolute Gasteiger partial charge is 0.454 e. The maximum Gasteiger partial charge on any atom is 0.231 e. The van der Waals surface area contributed by atoms with E-state index in [-0.39, 0.29) is 12.7 Å². The Bertz CT molecular complexity index is 460. The molecule has 1 aliphatic rings. The van der Waals surface area contributed by atoms with Gasteiger partial charge in [-0.05, 0) is 24.5 Å². The molecule has 0 radical (unpaired) electrons. The second-order valence-corrected chi connectivity index (χ2v) is 5.28. The molecule has 1 aromatic carbocycles. The summed E-state index contributed by atoms with van der Waals surface area (Å²) in [6, 6.07) is 5.68. The Kier molecular flexibility index (Phi) is 5.09. The number of anilines is 1. The summed E-state index contributed by atoms with van der Waals surface area (Å²) < 4.78 is 10.5. The highest BCUT2D eigenvalue weighted by atomic mass is 16.7. The van der Waals surface area contributed by atoms with Crippen LogP contribution in [0.5, 0.6) is 11.5 Å². The lowest BCUT2D eigenvalue weighted by molar-refractivity contribution is -0.120. The second-order valence-electron chi connectivity index (χ2n) is 5.28. The molecule has 0 spiro atoms. The minimum atomic E-state index is 0.0823. The number of carbonyl (C=O) groups excluding carboxylic acids is 1. The highest BCUT2D eigenvalue weighted by molar-refractivity contribution is 5.76. The SMILES string of the molecule is CC(C)CCNC(=O)CCNc1ccc2c(c1)OCO2. The van der Waals surface area contributed by atoms with Crippen LogP contribution in [0, 0.1) is 5.92 Å². The van der Waals surface area contributed by atoms with Gasteiger partial charge < -0.3 is 20.1 Å². The number of ether oxygens (including phenoxy) is 2. The predicted molar refractivity (Wildman–Crippen MR) is 78.1 cm³/mol. The number of hydrogen-bond acceptors (Lipinski definition) is 4. The van der Waals surface area contributed by atoms with Gasteiger partial charge in [0.1, 0.15) is 0 Å². The molecule has 0 saturated heterocycles. The summed E-state index contributed by atoms with van der Waals surface area (Å²) in [5, 5.41) is 6.13. The van der Waals surface area contributed by atoms with Gasteiger partial charge in [0, 0.05) is 31.3 Å². The molecule has 0 bridgehead atoms. The molecule has 1 heterocycles. The van der Waals surface area contributed by atoms with Crippen LogP contribution in [0.25, 0.3) is 0 Å². The highest BCUT2D eigenvalue weighted by Crippen LogP contribution is 2.34. The average Bonchev–Trinajstić information content (AvgIpc) is 2.85. The summed E-state index contributed by atoms with van der Waals surface area (Å²) >= 11 is 0. The quantitative estimate of drug-likeness (QED) is 0.804. The van der Waals surface area contributed by atoms with Crippen LogP contribution in [-0.4, -0.2) is 25.8 Å². The fourth-order valence-corrected chi connectivity index (χ4v) is 1.92. The van der Waals surface area contributed by atoms with Gasteiger partial charge in [-0.25, -0.2) is 0 Å². The molecule has 1 amide bonds. The van der Waals surface area contributed by atoms with E-state index in [1.54, 1.807) is 0 Å². The average molecular weight is 278 g/mol. The zero-order valence-corrected chi connectivity index (χ0v) is 12.1. The Hall–Kier alpha value is -1.91. The van der Waals surface area contributed by atoms with E-state index in [2.05, 4.69) is 24.5 Å². The van der Waals surface area contributed by atoms with Crippen molar-refractivity contribution >= 4 is 11.6 Å². The van der Waals surface area contributed by atoms with Gasteiger partial charge in [0.05, 0.1) is 0 Å². The second kappa shape index (κ2) is 7.03. The molecule has 1 aromatic rings.